The topological polar surface area (TPSA) is 39.9 Å². The molecule has 0 saturated heterocycles. The summed E-state index contributed by atoms with van der Waals surface area (Å²) in [5.74, 6) is 1.02. The van der Waals surface area contributed by atoms with Gasteiger partial charge in [-0.3, -0.25) is 0 Å². The van der Waals surface area contributed by atoms with Crippen molar-refractivity contribution in [3.05, 3.63) is 36.4 Å². The van der Waals surface area contributed by atoms with E-state index in [1.807, 2.05) is 6.92 Å². The van der Waals surface area contributed by atoms with E-state index in [1.54, 1.807) is 4.68 Å². The zero-order valence-corrected chi connectivity index (χ0v) is 15.1. The molecule has 0 aliphatic heterocycles. The summed E-state index contributed by atoms with van der Waals surface area (Å²) < 4.78 is 44.5. The minimum atomic E-state index is -4.96. The normalized spacial score (nSPS) is 11.0. The molecule has 0 aliphatic carbocycles. The zero-order valence-electron chi connectivity index (χ0n) is 12.0. The van der Waals surface area contributed by atoms with Gasteiger partial charge in [0.05, 0.1) is 0 Å². The van der Waals surface area contributed by atoms with Gasteiger partial charge in [0.2, 0.25) is 0 Å². The van der Waals surface area contributed by atoms with Crippen molar-refractivity contribution in [2.75, 3.05) is 0 Å². The van der Waals surface area contributed by atoms with E-state index < -0.39 is 12.4 Å². The van der Waals surface area contributed by atoms with Gasteiger partial charge in [-0.1, -0.05) is 19.1 Å². The van der Waals surface area contributed by atoms with Crippen molar-refractivity contribution < 1.29 is 69.1 Å². The summed E-state index contributed by atoms with van der Waals surface area (Å²) in [4.78, 5) is 4.06. The van der Waals surface area contributed by atoms with Crippen LogP contribution in [0.5, 0.6) is 5.75 Å². The fourth-order valence-corrected chi connectivity index (χ4v) is 1.73. The third-order valence-corrected chi connectivity index (χ3v) is 2.76. The number of nitrogens with zero attached hydrogens (tertiary/aromatic N) is 3. The first-order valence-electron chi connectivity index (χ1n) is 6.30. The SMILES string of the molecule is CCCn1ncnc1COc1ccc([B-](F)(F)F)cc1.[K+]. The number of ether oxygens (including phenoxy) is 1. The van der Waals surface area contributed by atoms with Crippen LogP contribution in [0.25, 0.3) is 0 Å². The molecule has 2 aromatic rings. The number of hydrogen-bond acceptors (Lipinski definition) is 3. The monoisotopic (exact) mass is 323 g/mol. The Balaban J connectivity index is 0.00000220. The van der Waals surface area contributed by atoms with E-state index in [0.717, 1.165) is 25.1 Å². The van der Waals surface area contributed by atoms with Gasteiger partial charge < -0.3 is 17.7 Å². The summed E-state index contributed by atoms with van der Waals surface area (Å²) in [7, 11) is 0. The van der Waals surface area contributed by atoms with Gasteiger partial charge in [-0.15, -0.1) is 5.46 Å². The third-order valence-electron chi connectivity index (χ3n) is 2.76. The average molecular weight is 323 g/mol. The Morgan fingerprint density at radius 3 is 2.43 bits per heavy atom. The molecule has 0 radical (unpaired) electrons. The van der Waals surface area contributed by atoms with Crippen LogP contribution in [-0.4, -0.2) is 21.7 Å². The van der Waals surface area contributed by atoms with E-state index in [1.165, 1.54) is 18.5 Å². The fraction of sp³-hybridized carbons (Fsp3) is 0.333. The molecule has 0 N–H and O–H groups in total. The van der Waals surface area contributed by atoms with Crippen molar-refractivity contribution in [1.82, 2.24) is 14.8 Å². The van der Waals surface area contributed by atoms with Crippen LogP contribution in [0.15, 0.2) is 30.6 Å². The minimum absolute atomic E-state index is 0. The Morgan fingerprint density at radius 1 is 1.19 bits per heavy atom. The number of aromatic nitrogens is 3. The molecule has 0 bridgehead atoms. The summed E-state index contributed by atoms with van der Waals surface area (Å²) in [6.07, 6.45) is 2.35. The maximum absolute atomic E-state index is 12.5. The van der Waals surface area contributed by atoms with Crippen molar-refractivity contribution in [3.63, 3.8) is 0 Å². The fourth-order valence-electron chi connectivity index (χ4n) is 1.73. The van der Waals surface area contributed by atoms with Gasteiger partial charge in [0.25, 0.3) is 0 Å². The molecule has 108 valence electrons. The summed E-state index contributed by atoms with van der Waals surface area (Å²) in [6, 6.07) is 4.66. The largest absolute Gasteiger partial charge is 1.00 e. The van der Waals surface area contributed by atoms with E-state index in [4.69, 9.17) is 4.74 Å². The van der Waals surface area contributed by atoms with Crippen LogP contribution in [0.2, 0.25) is 0 Å². The molecule has 0 atom stereocenters. The molecule has 0 fully saturated rings. The van der Waals surface area contributed by atoms with Crippen molar-refractivity contribution in [2.45, 2.75) is 26.5 Å². The molecule has 0 saturated carbocycles. The van der Waals surface area contributed by atoms with Gasteiger partial charge in [-0.2, -0.15) is 5.10 Å². The van der Waals surface area contributed by atoms with Crippen LogP contribution >= 0.6 is 0 Å². The van der Waals surface area contributed by atoms with Crippen molar-refractivity contribution in [2.24, 2.45) is 0 Å². The number of aryl methyl sites for hydroxylation is 1. The molecule has 1 heterocycles. The van der Waals surface area contributed by atoms with Gasteiger partial charge in [0.15, 0.2) is 5.82 Å². The number of halogens is 3. The first-order valence-corrected chi connectivity index (χ1v) is 6.30. The second-order valence-corrected chi connectivity index (χ2v) is 4.33. The predicted molar refractivity (Wildman–Crippen MR) is 69.8 cm³/mol. The molecule has 1 aromatic carbocycles. The van der Waals surface area contributed by atoms with Crippen molar-refractivity contribution in [1.29, 1.82) is 0 Å². The first kappa shape index (κ1) is 18.7. The Bertz CT molecular complexity index is 560. The van der Waals surface area contributed by atoms with E-state index in [2.05, 4.69) is 10.1 Å². The maximum Gasteiger partial charge on any atom is 1.00 e. The Morgan fingerprint density at radius 2 is 1.86 bits per heavy atom. The summed E-state index contributed by atoms with van der Waals surface area (Å²) in [6.45, 7) is -2.04. The maximum atomic E-state index is 12.5. The van der Waals surface area contributed by atoms with Crippen LogP contribution in [-0.2, 0) is 13.2 Å². The zero-order chi connectivity index (χ0) is 14.6. The Kier molecular flexibility index (Phi) is 7.42. The quantitative estimate of drug-likeness (QED) is 0.662. The molecular weight excluding hydrogens is 309 g/mol. The third kappa shape index (κ3) is 5.41. The molecule has 21 heavy (non-hydrogen) atoms. The van der Waals surface area contributed by atoms with Crippen molar-refractivity contribution >= 4 is 12.4 Å². The summed E-state index contributed by atoms with van der Waals surface area (Å²) >= 11 is 0. The van der Waals surface area contributed by atoms with E-state index in [-0.39, 0.29) is 58.0 Å². The summed E-state index contributed by atoms with van der Waals surface area (Å²) in [5.41, 5.74) is -0.633. The molecular formula is C12H14BF3KN3O. The average Bonchev–Trinajstić information content (AvgIpc) is 2.84. The number of hydrogen-bond donors (Lipinski definition) is 0. The van der Waals surface area contributed by atoms with Gasteiger partial charge in [-0.25, -0.2) is 9.67 Å². The van der Waals surface area contributed by atoms with Gasteiger partial charge >= 0.3 is 58.4 Å². The van der Waals surface area contributed by atoms with E-state index in [0.29, 0.717) is 11.6 Å². The van der Waals surface area contributed by atoms with Crippen LogP contribution in [0.1, 0.15) is 19.2 Å². The summed E-state index contributed by atoms with van der Waals surface area (Å²) in [5, 5.41) is 4.04. The van der Waals surface area contributed by atoms with Crippen LogP contribution in [0.3, 0.4) is 0 Å². The smallest absolute Gasteiger partial charge is 0.486 e. The van der Waals surface area contributed by atoms with Crippen LogP contribution < -0.4 is 61.6 Å². The predicted octanol–water partition coefficient (Wildman–Crippen LogP) is -0.674. The van der Waals surface area contributed by atoms with Gasteiger partial charge in [-0.05, 0) is 18.6 Å². The number of benzene rings is 1. The van der Waals surface area contributed by atoms with E-state index >= 15 is 0 Å². The second-order valence-electron chi connectivity index (χ2n) is 4.33. The molecule has 2 rings (SSSR count). The first-order chi connectivity index (χ1) is 9.50. The molecule has 9 heteroatoms. The standard InChI is InChI=1S/C12H14BF3N3O.K/c1-2-7-19-12(17-9-18-19)8-20-11-5-3-10(4-6-11)13(14,15)16;/h3-6,9H,2,7-8H2,1H3;/q-1;+1. The Hall–Kier alpha value is -0.349. The Labute approximate surface area is 163 Å². The second kappa shape index (κ2) is 8.33. The van der Waals surface area contributed by atoms with Gasteiger partial charge in [0, 0.05) is 6.54 Å². The molecule has 0 spiro atoms. The molecule has 0 amide bonds. The minimum Gasteiger partial charge on any atom is -0.486 e. The molecule has 1 aromatic heterocycles. The van der Waals surface area contributed by atoms with Crippen LogP contribution in [0.4, 0.5) is 12.9 Å². The molecule has 0 unspecified atom stereocenters. The molecule has 4 nitrogen and oxygen atoms in total. The van der Waals surface area contributed by atoms with Gasteiger partial charge in [0.1, 0.15) is 18.7 Å². The van der Waals surface area contributed by atoms with Crippen LogP contribution in [0, 0.1) is 0 Å². The number of rotatable bonds is 6. The molecule has 0 aliphatic rings. The van der Waals surface area contributed by atoms with Crippen molar-refractivity contribution in [3.8, 4) is 5.75 Å². The van der Waals surface area contributed by atoms with E-state index in [9.17, 15) is 12.9 Å².